The van der Waals surface area contributed by atoms with Crippen LogP contribution in [0.2, 0.25) is 0 Å². The van der Waals surface area contributed by atoms with Gasteiger partial charge in [0, 0.05) is 18.2 Å². The highest BCUT2D eigenvalue weighted by atomic mass is 32.2. The molecule has 0 bridgehead atoms. The van der Waals surface area contributed by atoms with Gasteiger partial charge in [0.15, 0.2) is 0 Å². The summed E-state index contributed by atoms with van der Waals surface area (Å²) in [4.78, 5) is 11.6. The Labute approximate surface area is 97.5 Å². The van der Waals surface area contributed by atoms with Crippen molar-refractivity contribution in [1.82, 2.24) is 5.43 Å². The Morgan fingerprint density at radius 1 is 1.50 bits per heavy atom. The maximum atomic E-state index is 11.6. The van der Waals surface area contributed by atoms with E-state index in [2.05, 4.69) is 22.0 Å². The maximum Gasteiger partial charge on any atom is 0.305 e. The molecule has 1 aliphatic rings. The van der Waals surface area contributed by atoms with Crippen LogP contribution in [0.25, 0.3) is 0 Å². The Hall–Kier alpha value is -1.33. The number of hydrogen-bond donors (Lipinski definition) is 2. The third-order valence-electron chi connectivity index (χ3n) is 2.40. The molecule has 0 aliphatic carbocycles. The first-order valence-corrected chi connectivity index (χ1v) is 6.38. The van der Waals surface area contributed by atoms with Gasteiger partial charge in [0.05, 0.1) is 0 Å². The largest absolute Gasteiger partial charge is 0.314 e. The lowest BCUT2D eigenvalue weighted by atomic mass is 10.2. The average molecular weight is 237 g/mol. The number of hydrogen-bond acceptors (Lipinski definition) is 3. The van der Waals surface area contributed by atoms with E-state index in [1.807, 2.05) is 30.3 Å². The lowest BCUT2D eigenvalue weighted by Gasteiger charge is -2.22. The van der Waals surface area contributed by atoms with Gasteiger partial charge in [-0.1, -0.05) is 25.1 Å². The van der Waals surface area contributed by atoms with Crippen molar-refractivity contribution in [3.05, 3.63) is 30.3 Å². The zero-order chi connectivity index (χ0) is 11.5. The molecule has 1 aromatic carbocycles. The Balaban J connectivity index is 2.29. The zero-order valence-corrected chi connectivity index (χ0v) is 9.91. The summed E-state index contributed by atoms with van der Waals surface area (Å²) in [7, 11) is -0.558. The Kier molecular flexibility index (Phi) is 3.26. The molecule has 4 nitrogen and oxygen atoms in total. The van der Waals surface area contributed by atoms with Gasteiger partial charge in [0.1, 0.15) is 0 Å². The van der Waals surface area contributed by atoms with Gasteiger partial charge in [-0.3, -0.25) is 10.2 Å². The quantitative estimate of drug-likeness (QED) is 0.338. The summed E-state index contributed by atoms with van der Waals surface area (Å²) < 4.78 is 2.09. The summed E-state index contributed by atoms with van der Waals surface area (Å²) >= 11 is 0. The van der Waals surface area contributed by atoms with Gasteiger partial charge in [-0.05, 0) is 28.2 Å². The molecule has 1 aliphatic heterocycles. The van der Waals surface area contributed by atoms with Gasteiger partial charge in [-0.25, -0.2) is 5.84 Å². The number of nitrogens with one attached hydrogen (secondary N) is 1. The molecule has 0 saturated heterocycles. The molecule has 1 heterocycles. The fourth-order valence-corrected chi connectivity index (χ4v) is 3.58. The van der Waals surface area contributed by atoms with Gasteiger partial charge >= 0.3 is 5.24 Å². The monoisotopic (exact) mass is 237 g/mol. The number of carbonyl (C=O) groups is 1. The van der Waals surface area contributed by atoms with E-state index in [0.717, 1.165) is 12.2 Å². The number of para-hydroxylation sites is 1. The van der Waals surface area contributed by atoms with Crippen LogP contribution in [0, 0.1) is 5.92 Å². The highest BCUT2D eigenvalue weighted by Crippen LogP contribution is 2.33. The van der Waals surface area contributed by atoms with Crippen molar-refractivity contribution in [2.75, 3.05) is 10.8 Å². The van der Waals surface area contributed by atoms with E-state index < -0.39 is 10.7 Å². The van der Waals surface area contributed by atoms with E-state index in [-0.39, 0.29) is 5.24 Å². The minimum atomic E-state index is -0.558. The van der Waals surface area contributed by atoms with Gasteiger partial charge < -0.3 is 4.31 Å². The van der Waals surface area contributed by atoms with E-state index in [9.17, 15) is 4.79 Å². The van der Waals surface area contributed by atoms with Crippen molar-refractivity contribution < 1.29 is 4.79 Å². The molecule has 3 N–H and O–H groups in total. The summed E-state index contributed by atoms with van der Waals surface area (Å²) in [5.74, 6) is 5.60. The molecule has 2 rings (SSSR count). The first-order chi connectivity index (χ1) is 7.72. The zero-order valence-electron chi connectivity index (χ0n) is 9.09. The minimum absolute atomic E-state index is 0.131. The standard InChI is InChI=1S/C11H15N3OS/c1-9-7-14(10-5-3-2-4-6-10)16(8-9)11(15)13-12/h2-6,8-9H,7,12H2,1H3,(H,13,15). The minimum Gasteiger partial charge on any atom is -0.314 e. The second kappa shape index (κ2) is 4.67. The molecular weight excluding hydrogens is 222 g/mol. The molecule has 1 amide bonds. The molecule has 2 atom stereocenters. The van der Waals surface area contributed by atoms with Crippen LogP contribution in [0.1, 0.15) is 6.92 Å². The normalized spacial score (nSPS) is 24.0. The second-order valence-electron chi connectivity index (χ2n) is 3.76. The van der Waals surface area contributed by atoms with Crippen LogP contribution in [0.15, 0.2) is 30.3 Å². The summed E-state index contributed by atoms with van der Waals surface area (Å²) in [6.45, 7) is 2.97. The van der Waals surface area contributed by atoms with Crippen LogP contribution in [0.3, 0.4) is 0 Å². The fraction of sp³-hybridized carbons (Fsp3) is 0.273. The first kappa shape index (κ1) is 11.2. The molecular formula is C11H15N3OS. The molecule has 0 aromatic heterocycles. The van der Waals surface area contributed by atoms with E-state index >= 15 is 0 Å². The fourth-order valence-electron chi connectivity index (χ4n) is 1.71. The van der Waals surface area contributed by atoms with E-state index in [1.54, 1.807) is 0 Å². The van der Waals surface area contributed by atoms with Crippen molar-refractivity contribution in [1.29, 1.82) is 0 Å². The van der Waals surface area contributed by atoms with Crippen molar-refractivity contribution in [3.8, 4) is 0 Å². The van der Waals surface area contributed by atoms with E-state index in [1.165, 1.54) is 0 Å². The van der Waals surface area contributed by atoms with Gasteiger partial charge in [-0.2, -0.15) is 0 Å². The summed E-state index contributed by atoms with van der Waals surface area (Å²) in [5.41, 5.74) is 3.29. The molecule has 2 unspecified atom stereocenters. The molecule has 0 saturated carbocycles. The third-order valence-corrected chi connectivity index (χ3v) is 4.46. The van der Waals surface area contributed by atoms with Crippen molar-refractivity contribution >= 4 is 27.0 Å². The van der Waals surface area contributed by atoms with E-state index in [0.29, 0.717) is 5.92 Å². The highest BCUT2D eigenvalue weighted by Gasteiger charge is 2.24. The topological polar surface area (TPSA) is 58.4 Å². The van der Waals surface area contributed by atoms with Crippen molar-refractivity contribution in [3.63, 3.8) is 0 Å². The maximum absolute atomic E-state index is 11.6. The van der Waals surface area contributed by atoms with E-state index in [4.69, 9.17) is 5.84 Å². The number of nitrogens with zero attached hydrogens (tertiary/aromatic N) is 1. The Bertz CT molecular complexity index is 418. The van der Waals surface area contributed by atoms with Crippen molar-refractivity contribution in [2.24, 2.45) is 11.8 Å². The van der Waals surface area contributed by atoms with Crippen LogP contribution in [-0.2, 0) is 0 Å². The molecule has 5 heteroatoms. The van der Waals surface area contributed by atoms with Crippen LogP contribution in [-0.4, -0.2) is 17.2 Å². The number of anilines is 1. The second-order valence-corrected chi connectivity index (χ2v) is 5.47. The molecule has 0 spiro atoms. The molecule has 86 valence electrons. The predicted octanol–water partition coefficient (Wildman–Crippen LogP) is 1.71. The number of amides is 1. The van der Waals surface area contributed by atoms with Crippen LogP contribution in [0.4, 0.5) is 10.5 Å². The highest BCUT2D eigenvalue weighted by molar-refractivity contribution is 8.28. The summed E-state index contributed by atoms with van der Waals surface area (Å²) in [5, 5.41) is 1.92. The average Bonchev–Trinajstić information content (AvgIpc) is 2.71. The van der Waals surface area contributed by atoms with Crippen molar-refractivity contribution in [2.45, 2.75) is 6.92 Å². The number of rotatable bonds is 1. The SMILES string of the molecule is CC1C=S(C(=O)NN)N(c2ccccc2)C1. The smallest absolute Gasteiger partial charge is 0.305 e. The first-order valence-electron chi connectivity index (χ1n) is 5.13. The molecule has 0 fully saturated rings. The van der Waals surface area contributed by atoms with Gasteiger partial charge in [0.2, 0.25) is 0 Å². The number of nitrogens with two attached hydrogens (primary N) is 1. The summed E-state index contributed by atoms with van der Waals surface area (Å²) in [6, 6.07) is 9.93. The van der Waals surface area contributed by atoms with Crippen LogP contribution in [0.5, 0.6) is 0 Å². The number of benzene rings is 1. The molecule has 1 aromatic rings. The third kappa shape index (κ3) is 2.10. The summed E-state index contributed by atoms with van der Waals surface area (Å²) in [6.07, 6.45) is 0. The number of hydrazine groups is 1. The van der Waals surface area contributed by atoms with Crippen LogP contribution < -0.4 is 15.6 Å². The predicted molar refractivity (Wildman–Crippen MR) is 69.3 cm³/mol. The molecule has 16 heavy (non-hydrogen) atoms. The lowest BCUT2D eigenvalue weighted by Crippen LogP contribution is -2.31. The Morgan fingerprint density at radius 3 is 2.81 bits per heavy atom. The Morgan fingerprint density at radius 2 is 2.19 bits per heavy atom. The number of carbonyl (C=O) groups excluding carboxylic acids is 1. The molecule has 0 radical (unpaired) electrons. The van der Waals surface area contributed by atoms with Gasteiger partial charge in [-0.15, -0.1) is 0 Å². The van der Waals surface area contributed by atoms with Gasteiger partial charge in [0.25, 0.3) is 0 Å². The van der Waals surface area contributed by atoms with Crippen LogP contribution >= 0.6 is 10.7 Å². The lowest BCUT2D eigenvalue weighted by molar-refractivity contribution is 0.261.